The van der Waals surface area contributed by atoms with Crippen LogP contribution in [0.2, 0.25) is 5.02 Å². The standard InChI is InChI=1S/C14H20ClNO4S/c1-14(2,3)7-8-21(18,19)16-13(17)11-9-10(15)5-6-12(11)20-4/h5-6,9H,7-8H2,1-4H3,(H,16,17). The highest BCUT2D eigenvalue weighted by Crippen LogP contribution is 2.23. The fraction of sp³-hybridized carbons (Fsp3) is 0.500. The second kappa shape index (κ2) is 6.66. The topological polar surface area (TPSA) is 72.5 Å². The number of methoxy groups -OCH3 is 1. The Hall–Kier alpha value is -1.27. The largest absolute Gasteiger partial charge is 0.496 e. The summed E-state index contributed by atoms with van der Waals surface area (Å²) < 4.78 is 31.0. The number of halogens is 1. The molecule has 0 aliphatic heterocycles. The molecule has 0 saturated heterocycles. The summed E-state index contributed by atoms with van der Waals surface area (Å²) in [6.07, 6.45) is 0.447. The third kappa shape index (κ3) is 5.93. The first kappa shape index (κ1) is 17.8. The van der Waals surface area contributed by atoms with Gasteiger partial charge in [0.1, 0.15) is 5.75 Å². The number of hydrogen-bond acceptors (Lipinski definition) is 4. The number of hydrogen-bond donors (Lipinski definition) is 1. The molecule has 1 aromatic carbocycles. The van der Waals surface area contributed by atoms with E-state index in [0.29, 0.717) is 11.4 Å². The molecule has 0 radical (unpaired) electrons. The molecule has 1 N–H and O–H groups in total. The van der Waals surface area contributed by atoms with Gasteiger partial charge in [-0.1, -0.05) is 32.4 Å². The van der Waals surface area contributed by atoms with Gasteiger partial charge in [-0.15, -0.1) is 0 Å². The van der Waals surface area contributed by atoms with Crippen molar-refractivity contribution >= 4 is 27.5 Å². The molecule has 118 valence electrons. The zero-order chi connectivity index (χ0) is 16.3. The van der Waals surface area contributed by atoms with E-state index in [-0.39, 0.29) is 22.5 Å². The maximum Gasteiger partial charge on any atom is 0.268 e. The Labute approximate surface area is 130 Å². The van der Waals surface area contributed by atoms with Crippen molar-refractivity contribution < 1.29 is 17.9 Å². The quantitative estimate of drug-likeness (QED) is 0.899. The molecular formula is C14H20ClNO4S. The van der Waals surface area contributed by atoms with Gasteiger partial charge >= 0.3 is 0 Å². The van der Waals surface area contributed by atoms with Crippen LogP contribution in [0.25, 0.3) is 0 Å². The van der Waals surface area contributed by atoms with Gasteiger partial charge < -0.3 is 4.74 Å². The number of benzene rings is 1. The summed E-state index contributed by atoms with van der Waals surface area (Å²) in [6.45, 7) is 5.80. The zero-order valence-electron chi connectivity index (χ0n) is 12.6. The van der Waals surface area contributed by atoms with Gasteiger partial charge in [-0.25, -0.2) is 13.1 Å². The number of carbonyl (C=O) groups is 1. The van der Waals surface area contributed by atoms with Gasteiger partial charge in [0.15, 0.2) is 0 Å². The zero-order valence-corrected chi connectivity index (χ0v) is 14.1. The van der Waals surface area contributed by atoms with E-state index in [1.165, 1.54) is 19.2 Å². The monoisotopic (exact) mass is 333 g/mol. The van der Waals surface area contributed by atoms with Crippen molar-refractivity contribution in [1.29, 1.82) is 0 Å². The summed E-state index contributed by atoms with van der Waals surface area (Å²) in [7, 11) is -2.30. The molecule has 0 aromatic heterocycles. The van der Waals surface area contributed by atoms with Crippen LogP contribution in [0.4, 0.5) is 0 Å². The molecule has 0 atom stereocenters. The Morgan fingerprint density at radius 1 is 1.33 bits per heavy atom. The van der Waals surface area contributed by atoms with Crippen molar-refractivity contribution in [3.63, 3.8) is 0 Å². The molecule has 0 bridgehead atoms. The first-order valence-corrected chi connectivity index (χ1v) is 8.45. The molecule has 1 amide bonds. The van der Waals surface area contributed by atoms with Crippen molar-refractivity contribution in [2.75, 3.05) is 12.9 Å². The Morgan fingerprint density at radius 2 is 1.95 bits per heavy atom. The van der Waals surface area contributed by atoms with Gasteiger partial charge in [0.05, 0.1) is 18.4 Å². The van der Waals surface area contributed by atoms with Crippen LogP contribution in [0.5, 0.6) is 5.75 Å². The predicted molar refractivity (Wildman–Crippen MR) is 83.3 cm³/mol. The molecular weight excluding hydrogens is 314 g/mol. The first-order valence-electron chi connectivity index (χ1n) is 6.42. The third-order valence-electron chi connectivity index (χ3n) is 2.78. The van der Waals surface area contributed by atoms with Gasteiger partial charge in [0.2, 0.25) is 10.0 Å². The highest BCUT2D eigenvalue weighted by molar-refractivity contribution is 7.90. The lowest BCUT2D eigenvalue weighted by Gasteiger charge is -2.18. The van der Waals surface area contributed by atoms with Crippen LogP contribution in [0.1, 0.15) is 37.6 Å². The number of nitrogens with one attached hydrogen (secondary N) is 1. The molecule has 7 heteroatoms. The lowest BCUT2D eigenvalue weighted by atomic mass is 9.94. The van der Waals surface area contributed by atoms with Crippen molar-refractivity contribution in [1.82, 2.24) is 4.72 Å². The minimum atomic E-state index is -3.70. The molecule has 0 unspecified atom stereocenters. The highest BCUT2D eigenvalue weighted by atomic mass is 35.5. The molecule has 0 spiro atoms. The molecule has 0 heterocycles. The average molecular weight is 334 g/mol. The van der Waals surface area contributed by atoms with Crippen molar-refractivity contribution in [3.05, 3.63) is 28.8 Å². The van der Waals surface area contributed by atoms with Crippen molar-refractivity contribution in [2.24, 2.45) is 5.41 Å². The minimum Gasteiger partial charge on any atom is -0.496 e. The Morgan fingerprint density at radius 3 is 2.48 bits per heavy atom. The molecule has 5 nitrogen and oxygen atoms in total. The van der Waals surface area contributed by atoms with Crippen molar-refractivity contribution in [3.8, 4) is 5.75 Å². The van der Waals surface area contributed by atoms with E-state index in [0.717, 1.165) is 0 Å². The van der Waals surface area contributed by atoms with Crippen molar-refractivity contribution in [2.45, 2.75) is 27.2 Å². The minimum absolute atomic E-state index is 0.0873. The van der Waals surface area contributed by atoms with Gasteiger partial charge in [-0.2, -0.15) is 0 Å². The molecule has 0 fully saturated rings. The van der Waals surface area contributed by atoms with E-state index in [2.05, 4.69) is 0 Å². The fourth-order valence-electron chi connectivity index (χ4n) is 1.55. The van der Waals surface area contributed by atoms with E-state index < -0.39 is 15.9 Å². The van der Waals surface area contributed by atoms with E-state index >= 15 is 0 Å². The molecule has 0 aliphatic rings. The van der Waals surface area contributed by atoms with E-state index in [4.69, 9.17) is 16.3 Å². The summed E-state index contributed by atoms with van der Waals surface area (Å²) >= 11 is 5.83. The predicted octanol–water partition coefficient (Wildman–Crippen LogP) is 2.84. The maximum atomic E-state index is 12.1. The number of rotatable bonds is 5. The van der Waals surface area contributed by atoms with Gasteiger partial charge in [-0.3, -0.25) is 4.79 Å². The number of carbonyl (C=O) groups excluding carboxylic acids is 1. The fourth-order valence-corrected chi connectivity index (χ4v) is 3.09. The Balaban J connectivity index is 2.88. The molecule has 1 aromatic rings. The summed E-state index contributed by atoms with van der Waals surface area (Å²) in [6, 6.07) is 4.44. The van der Waals surface area contributed by atoms with Crippen LogP contribution < -0.4 is 9.46 Å². The summed E-state index contributed by atoms with van der Waals surface area (Å²) in [5.41, 5.74) is -0.0460. The lowest BCUT2D eigenvalue weighted by molar-refractivity contribution is 0.0978. The Kier molecular flexibility index (Phi) is 5.64. The van der Waals surface area contributed by atoms with Crippen LogP contribution in [0, 0.1) is 5.41 Å². The molecule has 1 rings (SSSR count). The Bertz CT molecular complexity index is 620. The van der Waals surface area contributed by atoms with Gasteiger partial charge in [0, 0.05) is 5.02 Å². The molecule has 0 saturated carbocycles. The average Bonchev–Trinajstić information content (AvgIpc) is 2.35. The van der Waals surface area contributed by atoms with Gasteiger partial charge in [0.25, 0.3) is 5.91 Å². The summed E-state index contributed by atoms with van der Waals surface area (Å²) in [5.74, 6) is -0.600. The summed E-state index contributed by atoms with van der Waals surface area (Å²) in [4.78, 5) is 12.1. The van der Waals surface area contributed by atoms with Crippen LogP contribution in [-0.2, 0) is 10.0 Å². The van der Waals surface area contributed by atoms with Crippen LogP contribution in [-0.4, -0.2) is 27.2 Å². The summed E-state index contributed by atoms with van der Waals surface area (Å²) in [5, 5.41) is 0.327. The van der Waals surface area contributed by atoms with E-state index in [9.17, 15) is 13.2 Å². The lowest BCUT2D eigenvalue weighted by Crippen LogP contribution is -2.33. The highest BCUT2D eigenvalue weighted by Gasteiger charge is 2.22. The number of amides is 1. The molecule has 21 heavy (non-hydrogen) atoms. The third-order valence-corrected chi connectivity index (χ3v) is 4.25. The second-order valence-corrected chi connectivity index (χ2v) is 8.18. The van der Waals surface area contributed by atoms with E-state index in [1.807, 2.05) is 25.5 Å². The first-order chi connectivity index (χ1) is 9.54. The van der Waals surface area contributed by atoms with Crippen LogP contribution >= 0.6 is 11.6 Å². The van der Waals surface area contributed by atoms with E-state index in [1.54, 1.807) is 6.07 Å². The van der Waals surface area contributed by atoms with Crippen LogP contribution in [0.15, 0.2) is 18.2 Å². The smallest absolute Gasteiger partial charge is 0.268 e. The normalized spacial score (nSPS) is 12.0. The maximum absolute atomic E-state index is 12.1. The number of sulfonamides is 1. The SMILES string of the molecule is COc1ccc(Cl)cc1C(=O)NS(=O)(=O)CCC(C)(C)C. The number of ether oxygens (including phenoxy) is 1. The van der Waals surface area contributed by atoms with Crippen LogP contribution in [0.3, 0.4) is 0 Å². The van der Waals surface area contributed by atoms with Gasteiger partial charge in [-0.05, 0) is 30.0 Å². The second-order valence-electron chi connectivity index (χ2n) is 5.91. The molecule has 0 aliphatic carbocycles.